The minimum atomic E-state index is -1.02. The molecule has 0 radical (unpaired) electrons. The second kappa shape index (κ2) is 3.38. The Bertz CT molecular complexity index is 336. The molecule has 1 aromatic rings. The molecule has 0 saturated heterocycles. The molecular weight excluding hydrogens is 274 g/mol. The van der Waals surface area contributed by atoms with E-state index in [1.165, 1.54) is 6.07 Å². The lowest BCUT2D eigenvalue weighted by Crippen LogP contribution is -2.02. The van der Waals surface area contributed by atoms with Crippen LogP contribution in [0.1, 0.15) is 15.9 Å². The molecule has 0 aliphatic rings. The molecule has 12 heavy (non-hydrogen) atoms. The van der Waals surface area contributed by atoms with Crippen LogP contribution < -0.4 is 0 Å². The summed E-state index contributed by atoms with van der Waals surface area (Å²) in [6, 6.07) is 2.44. The first-order chi connectivity index (χ1) is 5.54. The summed E-state index contributed by atoms with van der Waals surface area (Å²) in [5, 5.41) is 8.66. The van der Waals surface area contributed by atoms with E-state index in [0.717, 1.165) is 6.07 Å². The number of aromatic carboxylic acids is 1. The topological polar surface area (TPSA) is 37.3 Å². The third kappa shape index (κ3) is 1.57. The van der Waals surface area contributed by atoms with Crippen molar-refractivity contribution in [1.82, 2.24) is 0 Å². The summed E-state index contributed by atoms with van der Waals surface area (Å²) in [6.07, 6.45) is 0. The van der Waals surface area contributed by atoms with E-state index < -0.39 is 5.97 Å². The average molecular weight is 280 g/mol. The Kier molecular flexibility index (Phi) is 2.66. The lowest BCUT2D eigenvalue weighted by atomic mass is 10.1. The molecule has 0 atom stereocenters. The number of benzene rings is 1. The second-order valence-corrected chi connectivity index (χ2v) is 3.42. The van der Waals surface area contributed by atoms with Gasteiger partial charge in [-0.25, -0.2) is 9.18 Å². The molecule has 0 amide bonds. The molecule has 64 valence electrons. The number of carboxylic acids is 1. The van der Waals surface area contributed by atoms with Crippen LogP contribution in [-0.2, 0) is 0 Å². The van der Waals surface area contributed by atoms with E-state index in [1.54, 1.807) is 29.5 Å². The molecule has 1 rings (SSSR count). The molecule has 4 heteroatoms. The maximum atomic E-state index is 12.8. The van der Waals surface area contributed by atoms with Gasteiger partial charge in [0.2, 0.25) is 0 Å². The van der Waals surface area contributed by atoms with Gasteiger partial charge in [0.25, 0.3) is 0 Å². The van der Waals surface area contributed by atoms with E-state index >= 15 is 0 Å². The predicted molar refractivity (Wildman–Crippen MR) is 50.8 cm³/mol. The highest BCUT2D eigenvalue weighted by Crippen LogP contribution is 2.19. The van der Waals surface area contributed by atoms with Crippen molar-refractivity contribution in [3.63, 3.8) is 0 Å². The summed E-state index contributed by atoms with van der Waals surface area (Å²) in [5.41, 5.74) is 0.629. The molecule has 0 heterocycles. The predicted octanol–water partition coefficient (Wildman–Crippen LogP) is 2.44. The fourth-order valence-electron chi connectivity index (χ4n) is 0.884. The van der Waals surface area contributed by atoms with Crippen LogP contribution in [-0.4, -0.2) is 11.1 Å². The average Bonchev–Trinajstić information content (AvgIpc) is 2.00. The van der Waals surface area contributed by atoms with Gasteiger partial charge in [0, 0.05) is 0 Å². The molecule has 0 saturated carbocycles. The summed E-state index contributed by atoms with van der Waals surface area (Å²) < 4.78 is 13.2. The van der Waals surface area contributed by atoms with Crippen LogP contribution in [0.25, 0.3) is 0 Å². The van der Waals surface area contributed by atoms with Gasteiger partial charge in [-0.05, 0) is 47.2 Å². The molecule has 1 aromatic carbocycles. The van der Waals surface area contributed by atoms with Gasteiger partial charge in [0.05, 0.1) is 9.13 Å². The smallest absolute Gasteiger partial charge is 0.335 e. The van der Waals surface area contributed by atoms with Crippen molar-refractivity contribution in [2.45, 2.75) is 6.92 Å². The van der Waals surface area contributed by atoms with Crippen molar-refractivity contribution in [1.29, 1.82) is 0 Å². The van der Waals surface area contributed by atoms with E-state index in [1.807, 2.05) is 0 Å². The Morgan fingerprint density at radius 1 is 1.58 bits per heavy atom. The van der Waals surface area contributed by atoms with Crippen molar-refractivity contribution in [2.75, 3.05) is 0 Å². The lowest BCUT2D eigenvalue weighted by Gasteiger charge is -2.03. The van der Waals surface area contributed by atoms with Crippen LogP contribution in [0.2, 0.25) is 0 Å². The highest BCUT2D eigenvalue weighted by atomic mass is 127. The summed E-state index contributed by atoms with van der Waals surface area (Å²) in [4.78, 5) is 10.6. The standard InChI is InChI=1S/C8H6FIO2/c1-4-5(8(11)12)2-3-6(9)7(4)10/h2-3H,1H3,(H,11,12). The van der Waals surface area contributed by atoms with E-state index in [2.05, 4.69) is 0 Å². The van der Waals surface area contributed by atoms with Gasteiger partial charge in [-0.2, -0.15) is 0 Å². The van der Waals surface area contributed by atoms with Crippen molar-refractivity contribution in [2.24, 2.45) is 0 Å². The van der Waals surface area contributed by atoms with Crippen LogP contribution >= 0.6 is 22.6 Å². The van der Waals surface area contributed by atoms with E-state index in [4.69, 9.17) is 5.11 Å². The summed E-state index contributed by atoms with van der Waals surface area (Å²) in [6.45, 7) is 1.59. The van der Waals surface area contributed by atoms with Crippen LogP contribution in [0.15, 0.2) is 12.1 Å². The van der Waals surface area contributed by atoms with Crippen molar-refractivity contribution in [3.05, 3.63) is 32.6 Å². The van der Waals surface area contributed by atoms with Gasteiger partial charge >= 0.3 is 5.97 Å². The van der Waals surface area contributed by atoms with Crippen molar-refractivity contribution < 1.29 is 14.3 Å². The van der Waals surface area contributed by atoms with Crippen molar-refractivity contribution in [3.8, 4) is 0 Å². The van der Waals surface area contributed by atoms with E-state index in [-0.39, 0.29) is 11.4 Å². The third-order valence-corrected chi connectivity index (χ3v) is 2.89. The maximum Gasteiger partial charge on any atom is 0.335 e. The first-order valence-corrected chi connectivity index (χ1v) is 4.30. The van der Waals surface area contributed by atoms with E-state index in [0.29, 0.717) is 9.13 Å². The van der Waals surface area contributed by atoms with Crippen LogP contribution in [0, 0.1) is 16.3 Å². The second-order valence-electron chi connectivity index (χ2n) is 2.34. The first kappa shape index (κ1) is 9.44. The zero-order chi connectivity index (χ0) is 9.30. The Labute approximate surface area is 82.5 Å². The monoisotopic (exact) mass is 280 g/mol. The van der Waals surface area contributed by atoms with Gasteiger partial charge in [-0.1, -0.05) is 0 Å². The summed E-state index contributed by atoms with van der Waals surface area (Å²) in [7, 11) is 0. The number of halogens is 2. The molecule has 0 aromatic heterocycles. The minimum absolute atomic E-state index is 0.154. The SMILES string of the molecule is Cc1c(C(=O)O)ccc(F)c1I. The molecule has 2 nitrogen and oxygen atoms in total. The largest absolute Gasteiger partial charge is 0.478 e. The summed E-state index contributed by atoms with van der Waals surface area (Å²) >= 11 is 1.79. The minimum Gasteiger partial charge on any atom is -0.478 e. The van der Waals surface area contributed by atoms with Crippen LogP contribution in [0.4, 0.5) is 4.39 Å². The van der Waals surface area contributed by atoms with Gasteiger partial charge < -0.3 is 5.11 Å². The van der Waals surface area contributed by atoms with Gasteiger partial charge in [0.1, 0.15) is 5.82 Å². The van der Waals surface area contributed by atoms with Crippen LogP contribution in [0.3, 0.4) is 0 Å². The Morgan fingerprint density at radius 3 is 2.67 bits per heavy atom. The van der Waals surface area contributed by atoms with Gasteiger partial charge in [-0.3, -0.25) is 0 Å². The first-order valence-electron chi connectivity index (χ1n) is 3.22. The van der Waals surface area contributed by atoms with Gasteiger partial charge in [0.15, 0.2) is 0 Å². The molecule has 0 spiro atoms. The molecule has 0 fully saturated rings. The number of hydrogen-bond donors (Lipinski definition) is 1. The maximum absolute atomic E-state index is 12.8. The highest BCUT2D eigenvalue weighted by molar-refractivity contribution is 14.1. The normalized spacial score (nSPS) is 9.92. The molecule has 0 unspecified atom stereocenters. The number of carboxylic acid groups (broad SMARTS) is 1. The lowest BCUT2D eigenvalue weighted by molar-refractivity contribution is 0.0696. The van der Waals surface area contributed by atoms with Gasteiger partial charge in [-0.15, -0.1) is 0 Å². The Hall–Kier alpha value is -0.650. The number of carbonyl (C=O) groups is 1. The van der Waals surface area contributed by atoms with Crippen molar-refractivity contribution >= 4 is 28.6 Å². The fourth-order valence-corrected chi connectivity index (χ4v) is 1.35. The molecule has 0 bridgehead atoms. The summed E-state index contributed by atoms with van der Waals surface area (Å²) in [5.74, 6) is -1.40. The molecule has 1 N–H and O–H groups in total. The Morgan fingerprint density at radius 2 is 2.17 bits per heavy atom. The third-order valence-electron chi connectivity index (χ3n) is 1.57. The number of hydrogen-bond acceptors (Lipinski definition) is 1. The molecular formula is C8H6FIO2. The zero-order valence-electron chi connectivity index (χ0n) is 6.27. The Balaban J connectivity index is 3.36. The highest BCUT2D eigenvalue weighted by Gasteiger charge is 2.11. The van der Waals surface area contributed by atoms with E-state index in [9.17, 15) is 9.18 Å². The van der Waals surface area contributed by atoms with Crippen LogP contribution in [0.5, 0.6) is 0 Å². The molecule has 0 aliphatic carbocycles. The fraction of sp³-hybridized carbons (Fsp3) is 0.125. The molecule has 0 aliphatic heterocycles. The zero-order valence-corrected chi connectivity index (χ0v) is 8.42. The quantitative estimate of drug-likeness (QED) is 0.802. The number of rotatable bonds is 1.